The molecule has 0 spiro atoms. The molecule has 1 aliphatic rings. The Kier molecular flexibility index (Phi) is 8.42. The Balaban J connectivity index is 1.78. The lowest BCUT2D eigenvalue weighted by atomic mass is 9.84. The van der Waals surface area contributed by atoms with Gasteiger partial charge >= 0.3 is 0 Å². The van der Waals surface area contributed by atoms with E-state index in [1.807, 2.05) is 0 Å². The van der Waals surface area contributed by atoms with Crippen LogP contribution < -0.4 is 10.6 Å². The van der Waals surface area contributed by atoms with Gasteiger partial charge in [-0.1, -0.05) is 45.0 Å². The van der Waals surface area contributed by atoms with Gasteiger partial charge in [0.1, 0.15) is 0 Å². The molecular weight excluding hydrogens is 310 g/mol. The third-order valence-electron chi connectivity index (χ3n) is 5.48. The number of piperidine rings is 1. The van der Waals surface area contributed by atoms with Gasteiger partial charge in [0.2, 0.25) is 5.91 Å². The molecule has 0 radical (unpaired) electrons. The number of hydrogen-bond acceptors (Lipinski definition) is 3. The van der Waals surface area contributed by atoms with Gasteiger partial charge < -0.3 is 10.6 Å². The van der Waals surface area contributed by atoms with E-state index >= 15 is 0 Å². The van der Waals surface area contributed by atoms with Gasteiger partial charge in [-0.15, -0.1) is 0 Å². The highest BCUT2D eigenvalue weighted by Gasteiger charge is 2.21. The molecule has 1 unspecified atom stereocenters. The van der Waals surface area contributed by atoms with Crippen LogP contribution in [0.1, 0.15) is 51.2 Å². The van der Waals surface area contributed by atoms with Crippen molar-refractivity contribution in [1.29, 1.82) is 0 Å². The van der Waals surface area contributed by atoms with Crippen molar-refractivity contribution in [3.8, 4) is 0 Å². The summed E-state index contributed by atoms with van der Waals surface area (Å²) in [6.07, 6.45) is 3.04. The van der Waals surface area contributed by atoms with Gasteiger partial charge in [-0.05, 0) is 62.0 Å². The minimum absolute atomic E-state index is 0.181. The van der Waals surface area contributed by atoms with Crippen LogP contribution in [0.5, 0.6) is 0 Å². The monoisotopic (exact) mass is 345 g/mol. The fourth-order valence-corrected chi connectivity index (χ4v) is 3.69. The Morgan fingerprint density at radius 3 is 2.60 bits per heavy atom. The highest BCUT2D eigenvalue weighted by atomic mass is 16.1. The molecule has 1 heterocycles. The molecule has 0 bridgehead atoms. The number of nitrogens with zero attached hydrogens (tertiary/aromatic N) is 1. The molecule has 1 aliphatic heterocycles. The summed E-state index contributed by atoms with van der Waals surface area (Å²) < 4.78 is 0. The van der Waals surface area contributed by atoms with E-state index in [0.717, 1.165) is 32.7 Å². The van der Waals surface area contributed by atoms with Gasteiger partial charge in [0.25, 0.3) is 0 Å². The number of benzene rings is 1. The predicted molar refractivity (Wildman–Crippen MR) is 104 cm³/mol. The minimum atomic E-state index is 0.181. The van der Waals surface area contributed by atoms with Crippen molar-refractivity contribution in [2.75, 3.05) is 26.2 Å². The number of carbonyl (C=O) groups is 1. The van der Waals surface area contributed by atoms with Crippen LogP contribution in [0.2, 0.25) is 0 Å². The zero-order chi connectivity index (χ0) is 18.1. The third-order valence-corrected chi connectivity index (χ3v) is 5.48. The highest BCUT2D eigenvalue weighted by Crippen LogP contribution is 2.24. The lowest BCUT2D eigenvalue weighted by Crippen LogP contribution is -2.33. The van der Waals surface area contributed by atoms with Gasteiger partial charge in [-0.25, -0.2) is 0 Å². The third kappa shape index (κ3) is 6.79. The molecule has 1 aromatic rings. The first-order chi connectivity index (χ1) is 12.1. The van der Waals surface area contributed by atoms with Gasteiger partial charge in [0.15, 0.2) is 0 Å². The smallest absolute Gasteiger partial charge is 0.220 e. The molecule has 2 N–H and O–H groups in total. The minimum Gasteiger partial charge on any atom is -0.352 e. The second-order valence-corrected chi connectivity index (χ2v) is 7.33. The quantitative estimate of drug-likeness (QED) is 0.722. The van der Waals surface area contributed by atoms with E-state index < -0.39 is 0 Å². The first-order valence-corrected chi connectivity index (χ1v) is 9.90. The molecule has 1 fully saturated rings. The number of amides is 1. The zero-order valence-electron chi connectivity index (χ0n) is 16.2. The number of nitrogens with one attached hydrogen (secondary N) is 2. The molecule has 1 aromatic carbocycles. The van der Waals surface area contributed by atoms with Crippen molar-refractivity contribution in [1.82, 2.24) is 15.5 Å². The standard InChI is InChI=1S/C21H35N3O/c1-4-24(5-2)16-19-8-6-7-18(14-19)15-23-21(25)13-17(3)20-9-11-22-12-10-20/h6-8,14,17,20,22H,4-5,9-13,15-16H2,1-3H3,(H,23,25). The Bertz CT molecular complexity index is 522. The van der Waals surface area contributed by atoms with Crippen LogP contribution in [0.25, 0.3) is 0 Å². The summed E-state index contributed by atoms with van der Waals surface area (Å²) in [4.78, 5) is 14.7. The number of hydrogen-bond donors (Lipinski definition) is 2. The number of carbonyl (C=O) groups excluding carboxylic acids is 1. The Labute approximate surface area is 153 Å². The fourth-order valence-electron chi connectivity index (χ4n) is 3.69. The molecule has 140 valence electrons. The molecule has 2 rings (SSSR count). The lowest BCUT2D eigenvalue weighted by molar-refractivity contribution is -0.122. The SMILES string of the molecule is CCN(CC)Cc1cccc(CNC(=O)CC(C)C2CCNCC2)c1. The van der Waals surface area contributed by atoms with Crippen LogP contribution in [0.3, 0.4) is 0 Å². The molecular formula is C21H35N3O. The summed E-state index contributed by atoms with van der Waals surface area (Å²) in [5.74, 6) is 1.33. The van der Waals surface area contributed by atoms with E-state index in [9.17, 15) is 4.79 Å². The van der Waals surface area contributed by atoms with Crippen LogP contribution in [0.4, 0.5) is 0 Å². The Morgan fingerprint density at radius 2 is 1.92 bits per heavy atom. The molecule has 0 aromatic heterocycles. The largest absolute Gasteiger partial charge is 0.352 e. The maximum Gasteiger partial charge on any atom is 0.220 e. The Hall–Kier alpha value is -1.39. The van der Waals surface area contributed by atoms with Crippen LogP contribution in [0.15, 0.2) is 24.3 Å². The van der Waals surface area contributed by atoms with E-state index in [2.05, 4.69) is 60.6 Å². The molecule has 25 heavy (non-hydrogen) atoms. The van der Waals surface area contributed by atoms with Crippen LogP contribution >= 0.6 is 0 Å². The van der Waals surface area contributed by atoms with E-state index in [4.69, 9.17) is 0 Å². The Morgan fingerprint density at radius 1 is 1.24 bits per heavy atom. The van der Waals surface area contributed by atoms with Crippen molar-refractivity contribution in [2.45, 2.75) is 53.1 Å². The first-order valence-electron chi connectivity index (χ1n) is 9.90. The predicted octanol–water partition coefficient (Wildman–Crippen LogP) is 3.17. The van der Waals surface area contributed by atoms with E-state index in [1.54, 1.807) is 0 Å². The van der Waals surface area contributed by atoms with E-state index in [0.29, 0.717) is 24.8 Å². The maximum atomic E-state index is 12.3. The van der Waals surface area contributed by atoms with Crippen molar-refractivity contribution in [2.24, 2.45) is 11.8 Å². The second kappa shape index (κ2) is 10.6. The van der Waals surface area contributed by atoms with Gasteiger partial charge in [-0.3, -0.25) is 9.69 Å². The van der Waals surface area contributed by atoms with Crippen LogP contribution in [-0.4, -0.2) is 37.0 Å². The molecule has 0 aliphatic carbocycles. The average Bonchev–Trinajstić information content (AvgIpc) is 2.65. The summed E-state index contributed by atoms with van der Waals surface area (Å²) >= 11 is 0. The number of rotatable bonds is 9. The molecule has 4 nitrogen and oxygen atoms in total. The average molecular weight is 346 g/mol. The van der Waals surface area contributed by atoms with Gasteiger partial charge in [0, 0.05) is 19.5 Å². The molecule has 1 atom stereocenters. The zero-order valence-corrected chi connectivity index (χ0v) is 16.2. The summed E-state index contributed by atoms with van der Waals surface area (Å²) in [7, 11) is 0. The van der Waals surface area contributed by atoms with Crippen molar-refractivity contribution in [3.63, 3.8) is 0 Å². The summed E-state index contributed by atoms with van der Waals surface area (Å²) in [6.45, 7) is 12.5. The molecule has 1 amide bonds. The van der Waals surface area contributed by atoms with Crippen molar-refractivity contribution < 1.29 is 4.79 Å². The maximum absolute atomic E-state index is 12.3. The van der Waals surface area contributed by atoms with E-state index in [-0.39, 0.29) is 5.91 Å². The fraction of sp³-hybridized carbons (Fsp3) is 0.667. The molecule has 4 heteroatoms. The normalized spacial score (nSPS) is 16.8. The second-order valence-electron chi connectivity index (χ2n) is 7.33. The summed E-state index contributed by atoms with van der Waals surface area (Å²) in [6, 6.07) is 8.58. The van der Waals surface area contributed by atoms with Gasteiger partial charge in [0.05, 0.1) is 0 Å². The molecule has 0 saturated carbocycles. The summed E-state index contributed by atoms with van der Waals surface area (Å²) in [5.41, 5.74) is 2.51. The van der Waals surface area contributed by atoms with Crippen molar-refractivity contribution in [3.05, 3.63) is 35.4 Å². The highest BCUT2D eigenvalue weighted by molar-refractivity contribution is 5.76. The van der Waals surface area contributed by atoms with E-state index in [1.165, 1.54) is 24.0 Å². The van der Waals surface area contributed by atoms with Crippen molar-refractivity contribution >= 4 is 5.91 Å². The van der Waals surface area contributed by atoms with Gasteiger partial charge in [-0.2, -0.15) is 0 Å². The topological polar surface area (TPSA) is 44.4 Å². The summed E-state index contributed by atoms with van der Waals surface area (Å²) in [5, 5.41) is 6.50. The molecule has 1 saturated heterocycles. The van der Waals surface area contributed by atoms with Crippen LogP contribution in [-0.2, 0) is 17.9 Å². The first kappa shape index (κ1) is 19.9. The van der Waals surface area contributed by atoms with Crippen LogP contribution in [0, 0.1) is 11.8 Å². The lowest BCUT2D eigenvalue weighted by Gasteiger charge is -2.27.